The lowest BCUT2D eigenvalue weighted by Crippen LogP contribution is -2.37. The van der Waals surface area contributed by atoms with Crippen molar-refractivity contribution >= 4 is 17.7 Å². The molecule has 0 saturated heterocycles. The van der Waals surface area contributed by atoms with Gasteiger partial charge in [0.1, 0.15) is 11.6 Å². The van der Waals surface area contributed by atoms with Gasteiger partial charge in [-0.15, -0.1) is 10.2 Å². The summed E-state index contributed by atoms with van der Waals surface area (Å²) in [4.78, 5) is 4.28. The first-order valence-corrected chi connectivity index (χ1v) is 10.7. The van der Waals surface area contributed by atoms with Crippen molar-refractivity contribution in [3.8, 4) is 0 Å². The van der Waals surface area contributed by atoms with Crippen molar-refractivity contribution in [2.75, 3.05) is 13.3 Å². The molecule has 0 radical (unpaired) electrons. The van der Waals surface area contributed by atoms with Gasteiger partial charge in [0.05, 0.1) is 6.54 Å². The largest absolute Gasteiger partial charge is 0.352 e. The quantitative estimate of drug-likeness (QED) is 0.586. The summed E-state index contributed by atoms with van der Waals surface area (Å²) in [5.74, 6) is 3.31. The molecule has 1 aliphatic rings. The predicted molar refractivity (Wildman–Crippen MR) is 108 cm³/mol. The van der Waals surface area contributed by atoms with E-state index in [1.54, 1.807) is 24.9 Å². The molecule has 1 aromatic heterocycles. The van der Waals surface area contributed by atoms with Crippen LogP contribution in [0.3, 0.4) is 0 Å². The number of aryl methyl sites for hydroxylation is 1. The molecule has 0 unspecified atom stereocenters. The Bertz CT molecular complexity index is 789. The van der Waals surface area contributed by atoms with Crippen LogP contribution in [0.25, 0.3) is 0 Å². The average molecular weight is 391 g/mol. The van der Waals surface area contributed by atoms with Crippen LogP contribution in [-0.4, -0.2) is 34.0 Å². The second-order valence-corrected chi connectivity index (χ2v) is 7.49. The Hall–Kier alpha value is -2.09. The Morgan fingerprint density at radius 2 is 2.04 bits per heavy atom. The fourth-order valence-electron chi connectivity index (χ4n) is 3.30. The molecule has 2 aromatic rings. The standard InChI is InChI=1S/C19H27FN6S/c1-21-19(22-11-14-7-8-16(20)10-15(14)13-27-2)23-12-18-25-24-17-6-4-3-5-9-26(17)18/h7-8,10H,3-6,9,11-13H2,1-2H3,(H2,21,22,23). The molecule has 6 nitrogen and oxygen atoms in total. The number of hydrogen-bond acceptors (Lipinski definition) is 4. The zero-order valence-corrected chi connectivity index (χ0v) is 16.8. The molecule has 3 rings (SSSR count). The first-order chi connectivity index (χ1) is 13.2. The van der Waals surface area contributed by atoms with E-state index in [1.807, 2.05) is 12.3 Å². The molecule has 1 aromatic carbocycles. The normalized spacial score (nSPS) is 14.6. The van der Waals surface area contributed by atoms with E-state index in [0.29, 0.717) is 19.0 Å². The van der Waals surface area contributed by atoms with Crippen LogP contribution in [0.2, 0.25) is 0 Å². The van der Waals surface area contributed by atoms with E-state index in [-0.39, 0.29) is 5.82 Å². The zero-order valence-electron chi connectivity index (χ0n) is 16.0. The third-order valence-corrected chi connectivity index (χ3v) is 5.34. The van der Waals surface area contributed by atoms with Gasteiger partial charge in [0.15, 0.2) is 11.8 Å². The minimum atomic E-state index is -0.196. The van der Waals surface area contributed by atoms with Crippen molar-refractivity contribution in [1.82, 2.24) is 25.4 Å². The lowest BCUT2D eigenvalue weighted by Gasteiger charge is -2.14. The molecule has 0 amide bonds. The van der Waals surface area contributed by atoms with Gasteiger partial charge >= 0.3 is 0 Å². The van der Waals surface area contributed by atoms with Crippen molar-refractivity contribution in [3.05, 3.63) is 46.8 Å². The molecule has 146 valence electrons. The number of aliphatic imine (C=N–C) groups is 1. The Kier molecular flexibility index (Phi) is 7.09. The number of aromatic nitrogens is 3. The number of nitrogens with zero attached hydrogens (tertiary/aromatic N) is 4. The molecular weight excluding hydrogens is 363 g/mol. The molecule has 1 aliphatic heterocycles. The number of fused-ring (bicyclic) bond motifs is 1. The highest BCUT2D eigenvalue weighted by molar-refractivity contribution is 7.97. The fraction of sp³-hybridized carbons (Fsp3) is 0.526. The first-order valence-electron chi connectivity index (χ1n) is 9.33. The number of rotatable bonds is 6. The minimum absolute atomic E-state index is 0.196. The van der Waals surface area contributed by atoms with Crippen molar-refractivity contribution in [2.45, 2.75) is 51.1 Å². The van der Waals surface area contributed by atoms with Gasteiger partial charge in [-0.2, -0.15) is 11.8 Å². The van der Waals surface area contributed by atoms with Crippen LogP contribution in [-0.2, 0) is 31.8 Å². The summed E-state index contributed by atoms with van der Waals surface area (Å²) >= 11 is 1.68. The molecule has 0 fully saturated rings. The van der Waals surface area contributed by atoms with Crippen molar-refractivity contribution in [1.29, 1.82) is 0 Å². The van der Waals surface area contributed by atoms with Gasteiger partial charge in [-0.05, 0) is 42.4 Å². The molecule has 2 N–H and O–H groups in total. The van der Waals surface area contributed by atoms with E-state index in [4.69, 9.17) is 0 Å². The van der Waals surface area contributed by atoms with E-state index in [1.165, 1.54) is 25.3 Å². The van der Waals surface area contributed by atoms with Gasteiger partial charge in [0.25, 0.3) is 0 Å². The van der Waals surface area contributed by atoms with Crippen LogP contribution in [0.4, 0.5) is 4.39 Å². The summed E-state index contributed by atoms with van der Waals surface area (Å²) in [6.07, 6.45) is 6.63. The zero-order chi connectivity index (χ0) is 19.1. The van der Waals surface area contributed by atoms with Gasteiger partial charge in [0, 0.05) is 32.3 Å². The molecule has 0 spiro atoms. The Morgan fingerprint density at radius 1 is 1.19 bits per heavy atom. The Balaban J connectivity index is 1.59. The van der Waals surface area contributed by atoms with Gasteiger partial charge in [-0.1, -0.05) is 12.5 Å². The summed E-state index contributed by atoms with van der Waals surface area (Å²) in [5, 5.41) is 15.3. The molecule has 27 heavy (non-hydrogen) atoms. The highest BCUT2D eigenvalue weighted by Crippen LogP contribution is 2.17. The summed E-state index contributed by atoms with van der Waals surface area (Å²) in [6.45, 7) is 2.15. The van der Waals surface area contributed by atoms with Gasteiger partial charge < -0.3 is 15.2 Å². The van der Waals surface area contributed by atoms with Gasteiger partial charge in [-0.3, -0.25) is 4.99 Å². The van der Waals surface area contributed by atoms with E-state index in [2.05, 4.69) is 30.4 Å². The van der Waals surface area contributed by atoms with Gasteiger partial charge in [-0.25, -0.2) is 4.39 Å². The van der Waals surface area contributed by atoms with E-state index in [0.717, 1.165) is 41.5 Å². The number of thioether (sulfide) groups is 1. The van der Waals surface area contributed by atoms with Crippen LogP contribution >= 0.6 is 11.8 Å². The molecule has 0 atom stereocenters. The highest BCUT2D eigenvalue weighted by Gasteiger charge is 2.14. The summed E-state index contributed by atoms with van der Waals surface area (Å²) in [6, 6.07) is 4.94. The number of guanidine groups is 1. The summed E-state index contributed by atoms with van der Waals surface area (Å²) < 4.78 is 15.7. The maximum absolute atomic E-state index is 13.5. The lowest BCUT2D eigenvalue weighted by atomic mass is 10.1. The predicted octanol–water partition coefficient (Wildman–Crippen LogP) is 2.87. The van der Waals surface area contributed by atoms with Crippen molar-refractivity contribution in [3.63, 3.8) is 0 Å². The van der Waals surface area contributed by atoms with E-state index < -0.39 is 0 Å². The maximum atomic E-state index is 13.5. The summed E-state index contributed by atoms with van der Waals surface area (Å²) in [7, 11) is 1.74. The third-order valence-electron chi connectivity index (χ3n) is 4.74. The van der Waals surface area contributed by atoms with E-state index in [9.17, 15) is 4.39 Å². The number of halogens is 1. The maximum Gasteiger partial charge on any atom is 0.191 e. The SMILES string of the molecule is CN=C(NCc1ccc(F)cc1CSC)NCc1nnc2n1CCCCC2. The fourth-order valence-corrected chi connectivity index (χ4v) is 3.87. The monoisotopic (exact) mass is 390 g/mol. The first kappa shape index (κ1) is 19.7. The van der Waals surface area contributed by atoms with Gasteiger partial charge in [0.2, 0.25) is 0 Å². The van der Waals surface area contributed by atoms with Crippen molar-refractivity contribution in [2.24, 2.45) is 4.99 Å². The van der Waals surface area contributed by atoms with E-state index >= 15 is 0 Å². The van der Waals surface area contributed by atoms with Crippen molar-refractivity contribution < 1.29 is 4.39 Å². The molecule has 0 aliphatic carbocycles. The van der Waals surface area contributed by atoms with Crippen LogP contribution in [0.1, 0.15) is 42.0 Å². The molecule has 0 bridgehead atoms. The lowest BCUT2D eigenvalue weighted by molar-refractivity contribution is 0.596. The second-order valence-electron chi connectivity index (χ2n) is 6.62. The smallest absolute Gasteiger partial charge is 0.191 e. The average Bonchev–Trinajstić information content (AvgIpc) is 2.90. The second kappa shape index (κ2) is 9.73. The molecule has 8 heteroatoms. The molecule has 2 heterocycles. The molecule has 0 saturated carbocycles. The molecular formula is C19H27FN6S. The highest BCUT2D eigenvalue weighted by atomic mass is 32.2. The van der Waals surface area contributed by atoms with Crippen LogP contribution < -0.4 is 10.6 Å². The Morgan fingerprint density at radius 3 is 2.85 bits per heavy atom. The van der Waals surface area contributed by atoms with Crippen LogP contribution in [0.15, 0.2) is 23.2 Å². The van der Waals surface area contributed by atoms with Crippen LogP contribution in [0, 0.1) is 5.82 Å². The number of hydrogen-bond donors (Lipinski definition) is 2. The topological polar surface area (TPSA) is 67.1 Å². The number of benzene rings is 1. The summed E-state index contributed by atoms with van der Waals surface area (Å²) in [5.41, 5.74) is 2.08. The third kappa shape index (κ3) is 5.22. The van der Waals surface area contributed by atoms with Crippen LogP contribution in [0.5, 0.6) is 0 Å². The number of nitrogens with one attached hydrogen (secondary N) is 2. The minimum Gasteiger partial charge on any atom is -0.352 e. The Labute approximate surface area is 164 Å².